The van der Waals surface area contributed by atoms with Crippen LogP contribution in [-0.2, 0) is 24.3 Å². The Labute approximate surface area is 181 Å². The first-order valence-electron chi connectivity index (χ1n) is 10.2. The summed E-state index contributed by atoms with van der Waals surface area (Å²) in [6, 6.07) is 3.65. The van der Waals surface area contributed by atoms with E-state index in [9.17, 15) is 14.0 Å². The van der Waals surface area contributed by atoms with E-state index in [4.69, 9.17) is 0 Å². The van der Waals surface area contributed by atoms with Gasteiger partial charge in [0.05, 0.1) is 17.4 Å². The van der Waals surface area contributed by atoms with Gasteiger partial charge >= 0.3 is 0 Å². The van der Waals surface area contributed by atoms with E-state index in [1.807, 2.05) is 6.07 Å². The Balaban J connectivity index is 0.00000256. The monoisotopic (exact) mass is 435 g/mol. The second kappa shape index (κ2) is 10.0. The quantitative estimate of drug-likeness (QED) is 0.673. The Bertz CT molecular complexity index is 911. The summed E-state index contributed by atoms with van der Waals surface area (Å²) >= 11 is 0. The molecule has 1 aliphatic carbocycles. The van der Waals surface area contributed by atoms with Crippen LogP contribution in [0.3, 0.4) is 0 Å². The molecule has 9 heteroatoms. The molecule has 7 nitrogen and oxygen atoms in total. The second-order valence-electron chi connectivity index (χ2n) is 7.77. The number of anilines is 1. The molecule has 2 heterocycles. The lowest BCUT2D eigenvalue weighted by Crippen LogP contribution is -2.38. The van der Waals surface area contributed by atoms with Crippen molar-refractivity contribution in [3.8, 4) is 0 Å². The number of fused-ring (bicyclic) bond motifs is 1. The fourth-order valence-electron chi connectivity index (χ4n) is 4.06. The van der Waals surface area contributed by atoms with Gasteiger partial charge in [-0.1, -0.05) is 25.3 Å². The van der Waals surface area contributed by atoms with Crippen molar-refractivity contribution in [1.82, 2.24) is 20.4 Å². The molecule has 1 saturated carbocycles. The number of aromatic nitrogens is 2. The third kappa shape index (κ3) is 5.17. The summed E-state index contributed by atoms with van der Waals surface area (Å²) in [4.78, 5) is 24.7. The molecule has 2 aliphatic rings. The Morgan fingerprint density at radius 2 is 2.03 bits per heavy atom. The average molecular weight is 436 g/mol. The summed E-state index contributed by atoms with van der Waals surface area (Å²) in [6.45, 7) is 1.41. The topological polar surface area (TPSA) is 88.1 Å². The summed E-state index contributed by atoms with van der Waals surface area (Å²) in [5, 5.41) is 12.9. The van der Waals surface area contributed by atoms with E-state index in [0.29, 0.717) is 18.5 Å². The Morgan fingerprint density at radius 3 is 2.83 bits per heavy atom. The van der Waals surface area contributed by atoms with E-state index < -0.39 is 5.91 Å². The molecule has 30 heavy (non-hydrogen) atoms. The van der Waals surface area contributed by atoms with Crippen LogP contribution in [-0.4, -0.2) is 34.2 Å². The fraction of sp³-hybridized carbons (Fsp3) is 0.476. The molecular formula is C21H27ClFN5O2. The summed E-state index contributed by atoms with van der Waals surface area (Å²) in [5.41, 5.74) is 2.02. The van der Waals surface area contributed by atoms with Crippen molar-refractivity contribution in [3.63, 3.8) is 0 Å². The SMILES string of the molecule is Cl.O=C(Cn1cc(C(=O)Nc2ccc3c(c2F)CCNC3)cn1)NC1CCCCC1. The fourth-order valence-corrected chi connectivity index (χ4v) is 4.06. The smallest absolute Gasteiger partial charge is 0.258 e. The van der Waals surface area contributed by atoms with Crippen molar-refractivity contribution in [1.29, 1.82) is 0 Å². The number of carbonyl (C=O) groups excluding carboxylic acids is 2. The van der Waals surface area contributed by atoms with Crippen LogP contribution < -0.4 is 16.0 Å². The molecular weight excluding hydrogens is 409 g/mol. The lowest BCUT2D eigenvalue weighted by Gasteiger charge is -2.22. The second-order valence-corrected chi connectivity index (χ2v) is 7.77. The number of nitrogens with one attached hydrogen (secondary N) is 3. The molecule has 0 atom stereocenters. The molecule has 1 aliphatic heterocycles. The van der Waals surface area contributed by atoms with Gasteiger partial charge < -0.3 is 16.0 Å². The zero-order valence-corrected chi connectivity index (χ0v) is 17.6. The third-order valence-electron chi connectivity index (χ3n) is 5.63. The summed E-state index contributed by atoms with van der Waals surface area (Å²) < 4.78 is 16.1. The highest BCUT2D eigenvalue weighted by molar-refractivity contribution is 6.04. The van der Waals surface area contributed by atoms with Crippen LogP contribution in [0.25, 0.3) is 0 Å². The molecule has 2 aromatic rings. The van der Waals surface area contributed by atoms with Gasteiger partial charge in [-0.2, -0.15) is 5.10 Å². The van der Waals surface area contributed by atoms with Gasteiger partial charge in [-0.3, -0.25) is 14.3 Å². The highest BCUT2D eigenvalue weighted by Crippen LogP contribution is 2.25. The van der Waals surface area contributed by atoms with Gasteiger partial charge in [0.15, 0.2) is 0 Å². The first kappa shape index (κ1) is 22.2. The van der Waals surface area contributed by atoms with Crippen LogP contribution in [0.1, 0.15) is 53.6 Å². The van der Waals surface area contributed by atoms with Crippen LogP contribution in [0, 0.1) is 5.82 Å². The minimum atomic E-state index is -0.447. The number of benzene rings is 1. The number of nitrogens with zero attached hydrogens (tertiary/aromatic N) is 2. The van der Waals surface area contributed by atoms with E-state index in [2.05, 4.69) is 21.0 Å². The van der Waals surface area contributed by atoms with Crippen LogP contribution in [0.4, 0.5) is 10.1 Å². The van der Waals surface area contributed by atoms with Crippen molar-refractivity contribution in [2.24, 2.45) is 0 Å². The molecule has 0 saturated heterocycles. The van der Waals surface area contributed by atoms with Crippen molar-refractivity contribution in [3.05, 3.63) is 47.0 Å². The molecule has 1 aromatic carbocycles. The largest absolute Gasteiger partial charge is 0.352 e. The van der Waals surface area contributed by atoms with E-state index in [1.54, 1.807) is 6.07 Å². The van der Waals surface area contributed by atoms with Gasteiger partial charge in [-0.25, -0.2) is 4.39 Å². The lowest BCUT2D eigenvalue weighted by molar-refractivity contribution is -0.122. The van der Waals surface area contributed by atoms with Gasteiger partial charge in [0.1, 0.15) is 12.4 Å². The van der Waals surface area contributed by atoms with Crippen molar-refractivity contribution in [2.75, 3.05) is 11.9 Å². The normalized spacial score (nSPS) is 16.3. The predicted octanol–water partition coefficient (Wildman–Crippen LogP) is 2.79. The highest BCUT2D eigenvalue weighted by Gasteiger charge is 2.19. The van der Waals surface area contributed by atoms with E-state index in [1.165, 1.54) is 23.5 Å². The molecule has 0 radical (unpaired) electrons. The number of halogens is 2. The van der Waals surface area contributed by atoms with Gasteiger partial charge in [0.25, 0.3) is 5.91 Å². The van der Waals surface area contributed by atoms with Crippen molar-refractivity contribution >= 4 is 29.9 Å². The molecule has 0 spiro atoms. The van der Waals surface area contributed by atoms with E-state index >= 15 is 0 Å². The Morgan fingerprint density at radius 1 is 1.23 bits per heavy atom. The molecule has 3 N–H and O–H groups in total. The minimum Gasteiger partial charge on any atom is -0.352 e. The maximum absolute atomic E-state index is 14.7. The van der Waals surface area contributed by atoms with Crippen molar-refractivity contribution in [2.45, 2.75) is 57.7 Å². The predicted molar refractivity (Wildman–Crippen MR) is 114 cm³/mol. The number of hydrogen-bond donors (Lipinski definition) is 3. The first-order chi connectivity index (χ1) is 14.1. The van der Waals surface area contributed by atoms with E-state index in [0.717, 1.165) is 37.8 Å². The molecule has 0 unspecified atom stereocenters. The molecule has 4 rings (SSSR count). The Hall–Kier alpha value is -2.45. The lowest BCUT2D eigenvalue weighted by atomic mass is 9.95. The highest BCUT2D eigenvalue weighted by atomic mass is 35.5. The zero-order chi connectivity index (χ0) is 20.2. The maximum Gasteiger partial charge on any atom is 0.258 e. The standard InChI is InChI=1S/C21H26FN5O2.ClH/c22-20-17-8-9-23-10-14(17)6-7-18(20)26-21(29)15-11-24-27(12-15)13-19(28)25-16-4-2-1-3-5-16;/h6-7,11-12,16,23H,1-5,8-10,13H2,(H,25,28)(H,26,29);1H. The van der Waals surface area contributed by atoms with Crippen LogP contribution >= 0.6 is 12.4 Å². The number of amides is 2. The average Bonchev–Trinajstić information content (AvgIpc) is 3.19. The summed E-state index contributed by atoms with van der Waals surface area (Å²) in [6.07, 6.45) is 9.05. The third-order valence-corrected chi connectivity index (χ3v) is 5.63. The number of hydrogen-bond acceptors (Lipinski definition) is 4. The maximum atomic E-state index is 14.7. The van der Waals surface area contributed by atoms with Gasteiger partial charge in [0, 0.05) is 18.8 Å². The zero-order valence-electron chi connectivity index (χ0n) is 16.7. The van der Waals surface area contributed by atoms with Crippen molar-refractivity contribution < 1.29 is 14.0 Å². The Kier molecular flexibility index (Phi) is 7.44. The van der Waals surface area contributed by atoms with Crippen LogP contribution in [0.15, 0.2) is 24.5 Å². The molecule has 1 aromatic heterocycles. The minimum absolute atomic E-state index is 0. The molecule has 1 fully saturated rings. The van der Waals surface area contributed by atoms with Gasteiger partial charge in [-0.15, -0.1) is 12.4 Å². The van der Waals surface area contributed by atoms with E-state index in [-0.39, 0.29) is 48.0 Å². The molecule has 0 bridgehead atoms. The van der Waals surface area contributed by atoms with Crippen LogP contribution in [0.2, 0.25) is 0 Å². The summed E-state index contributed by atoms with van der Waals surface area (Å²) in [7, 11) is 0. The molecule has 2 amide bonds. The summed E-state index contributed by atoms with van der Waals surface area (Å²) in [5.74, 6) is -0.936. The first-order valence-corrected chi connectivity index (χ1v) is 10.2. The number of rotatable bonds is 5. The van der Waals surface area contributed by atoms with Crippen LogP contribution in [0.5, 0.6) is 0 Å². The van der Waals surface area contributed by atoms with Gasteiger partial charge in [-0.05, 0) is 43.0 Å². The van der Waals surface area contributed by atoms with Gasteiger partial charge in [0.2, 0.25) is 5.91 Å². The molecule has 162 valence electrons. The number of carbonyl (C=O) groups is 2.